The average molecular weight is 250 g/mol. The first-order chi connectivity index (χ1) is 8.74. The molecule has 102 valence electrons. The van der Waals surface area contributed by atoms with E-state index in [-0.39, 0.29) is 0 Å². The van der Waals surface area contributed by atoms with Crippen LogP contribution in [-0.4, -0.2) is 40.4 Å². The summed E-state index contributed by atoms with van der Waals surface area (Å²) >= 11 is 0. The molecular weight excluding hydrogens is 224 g/mol. The third-order valence-electron chi connectivity index (χ3n) is 3.99. The minimum atomic E-state index is 0.733. The van der Waals surface area contributed by atoms with Gasteiger partial charge in [-0.15, -0.1) is 0 Å². The zero-order chi connectivity index (χ0) is 13.0. The first kappa shape index (κ1) is 13.6. The van der Waals surface area contributed by atoms with Crippen molar-refractivity contribution in [2.24, 2.45) is 7.05 Å². The number of hydrogen-bond donors (Lipinski definition) is 1. The molecular formula is C14H26N4. The summed E-state index contributed by atoms with van der Waals surface area (Å²) in [4.78, 5) is 2.59. The maximum Gasteiger partial charge on any atom is 0.0625 e. The highest BCUT2D eigenvalue weighted by atomic mass is 15.3. The number of aromatic nitrogens is 2. The highest BCUT2D eigenvalue weighted by molar-refractivity contribution is 5.10. The van der Waals surface area contributed by atoms with Crippen molar-refractivity contribution in [2.45, 2.75) is 45.7 Å². The van der Waals surface area contributed by atoms with E-state index < -0.39 is 0 Å². The second-order valence-electron chi connectivity index (χ2n) is 5.15. The van der Waals surface area contributed by atoms with Crippen LogP contribution in [0.2, 0.25) is 0 Å². The maximum atomic E-state index is 4.54. The molecule has 4 nitrogen and oxygen atoms in total. The predicted octanol–water partition coefficient (Wildman–Crippen LogP) is 1.56. The molecule has 1 aliphatic heterocycles. The first-order valence-corrected chi connectivity index (χ1v) is 7.21. The summed E-state index contributed by atoms with van der Waals surface area (Å²) in [5.74, 6) is 0. The number of rotatable bonds is 5. The topological polar surface area (TPSA) is 33.1 Å². The fourth-order valence-corrected chi connectivity index (χ4v) is 2.77. The Kier molecular flexibility index (Phi) is 4.78. The van der Waals surface area contributed by atoms with E-state index in [1.165, 1.54) is 24.2 Å². The van der Waals surface area contributed by atoms with Crippen molar-refractivity contribution in [1.82, 2.24) is 20.0 Å². The Hall–Kier alpha value is -0.870. The van der Waals surface area contributed by atoms with Gasteiger partial charge in [0.1, 0.15) is 0 Å². The molecule has 1 saturated heterocycles. The Morgan fingerprint density at radius 3 is 2.67 bits per heavy atom. The van der Waals surface area contributed by atoms with Crippen LogP contribution in [-0.2, 0) is 20.0 Å². The summed E-state index contributed by atoms with van der Waals surface area (Å²) in [6, 6.07) is 2.99. The molecule has 0 amide bonds. The van der Waals surface area contributed by atoms with Gasteiger partial charge in [0.25, 0.3) is 0 Å². The molecule has 0 saturated carbocycles. The summed E-state index contributed by atoms with van der Waals surface area (Å²) in [6.07, 6.45) is 3.56. The van der Waals surface area contributed by atoms with E-state index in [0.717, 1.165) is 38.6 Å². The van der Waals surface area contributed by atoms with Crippen LogP contribution in [0.5, 0.6) is 0 Å². The van der Waals surface area contributed by atoms with Crippen LogP contribution in [0.25, 0.3) is 0 Å². The maximum absolute atomic E-state index is 4.54. The number of nitrogens with zero attached hydrogens (tertiary/aromatic N) is 3. The van der Waals surface area contributed by atoms with Crippen molar-refractivity contribution in [3.63, 3.8) is 0 Å². The second-order valence-corrected chi connectivity index (χ2v) is 5.15. The molecule has 0 aromatic carbocycles. The molecule has 1 aromatic rings. The van der Waals surface area contributed by atoms with Gasteiger partial charge in [0.15, 0.2) is 0 Å². The summed E-state index contributed by atoms with van der Waals surface area (Å²) in [5, 5.41) is 7.98. The molecule has 1 aliphatic rings. The predicted molar refractivity (Wildman–Crippen MR) is 74.6 cm³/mol. The van der Waals surface area contributed by atoms with Gasteiger partial charge in [-0.1, -0.05) is 13.8 Å². The highest BCUT2D eigenvalue weighted by Gasteiger charge is 2.20. The fraction of sp³-hybridized carbons (Fsp3) is 0.786. The molecule has 1 aromatic heterocycles. The molecule has 0 bridgehead atoms. The molecule has 2 rings (SSSR count). The number of piperidine rings is 1. The summed E-state index contributed by atoms with van der Waals surface area (Å²) in [5.41, 5.74) is 2.54. The van der Waals surface area contributed by atoms with Crippen LogP contribution in [0.4, 0.5) is 0 Å². The Morgan fingerprint density at radius 1 is 1.39 bits per heavy atom. The minimum absolute atomic E-state index is 0.733. The van der Waals surface area contributed by atoms with E-state index in [9.17, 15) is 0 Å². The van der Waals surface area contributed by atoms with Crippen LogP contribution in [0.3, 0.4) is 0 Å². The van der Waals surface area contributed by atoms with Gasteiger partial charge < -0.3 is 5.32 Å². The number of nitrogens with one attached hydrogen (secondary N) is 1. The summed E-state index contributed by atoms with van der Waals surface area (Å²) in [7, 11) is 2.06. The SMILES string of the molecule is CCc1cc(CN(CC)C2CCNCC2)n(C)n1. The Balaban J connectivity index is 2.02. The third kappa shape index (κ3) is 3.12. The molecule has 1 fully saturated rings. The third-order valence-corrected chi connectivity index (χ3v) is 3.99. The largest absolute Gasteiger partial charge is 0.317 e. The Labute approximate surface area is 110 Å². The van der Waals surface area contributed by atoms with Crippen molar-refractivity contribution >= 4 is 0 Å². The molecule has 0 spiro atoms. The smallest absolute Gasteiger partial charge is 0.0625 e. The lowest BCUT2D eigenvalue weighted by Gasteiger charge is -2.33. The van der Waals surface area contributed by atoms with Gasteiger partial charge in [0.05, 0.1) is 11.4 Å². The van der Waals surface area contributed by atoms with E-state index in [1.807, 2.05) is 4.68 Å². The lowest BCUT2D eigenvalue weighted by atomic mass is 10.0. The van der Waals surface area contributed by atoms with Crippen molar-refractivity contribution in [3.8, 4) is 0 Å². The first-order valence-electron chi connectivity index (χ1n) is 7.21. The molecule has 2 heterocycles. The number of hydrogen-bond acceptors (Lipinski definition) is 3. The van der Waals surface area contributed by atoms with Crippen molar-refractivity contribution < 1.29 is 0 Å². The van der Waals surface area contributed by atoms with E-state index in [0.29, 0.717) is 0 Å². The van der Waals surface area contributed by atoms with Crippen LogP contribution in [0.15, 0.2) is 6.07 Å². The summed E-state index contributed by atoms with van der Waals surface area (Å²) in [6.45, 7) is 8.90. The van der Waals surface area contributed by atoms with Gasteiger partial charge >= 0.3 is 0 Å². The van der Waals surface area contributed by atoms with E-state index in [2.05, 4.69) is 42.3 Å². The molecule has 0 aliphatic carbocycles. The quantitative estimate of drug-likeness (QED) is 0.861. The summed E-state index contributed by atoms with van der Waals surface area (Å²) < 4.78 is 2.04. The fourth-order valence-electron chi connectivity index (χ4n) is 2.77. The van der Waals surface area contributed by atoms with Gasteiger partial charge in [0.2, 0.25) is 0 Å². The molecule has 0 radical (unpaired) electrons. The minimum Gasteiger partial charge on any atom is -0.317 e. The van der Waals surface area contributed by atoms with Crippen molar-refractivity contribution in [3.05, 3.63) is 17.5 Å². The van der Waals surface area contributed by atoms with Crippen molar-refractivity contribution in [2.75, 3.05) is 19.6 Å². The van der Waals surface area contributed by atoms with Crippen LogP contribution in [0.1, 0.15) is 38.1 Å². The lowest BCUT2D eigenvalue weighted by Crippen LogP contribution is -2.42. The van der Waals surface area contributed by atoms with Crippen LogP contribution < -0.4 is 5.32 Å². The van der Waals surface area contributed by atoms with Crippen molar-refractivity contribution in [1.29, 1.82) is 0 Å². The monoisotopic (exact) mass is 250 g/mol. The van der Waals surface area contributed by atoms with Crippen LogP contribution >= 0.6 is 0 Å². The average Bonchev–Trinajstić information content (AvgIpc) is 2.77. The normalized spacial score (nSPS) is 17.6. The highest BCUT2D eigenvalue weighted by Crippen LogP contribution is 2.15. The zero-order valence-electron chi connectivity index (χ0n) is 11.9. The van der Waals surface area contributed by atoms with Gasteiger partial charge in [0, 0.05) is 19.6 Å². The molecule has 0 atom stereocenters. The van der Waals surface area contributed by atoms with Gasteiger partial charge in [-0.05, 0) is 45.0 Å². The van der Waals surface area contributed by atoms with E-state index >= 15 is 0 Å². The Bertz CT molecular complexity index is 366. The molecule has 0 unspecified atom stereocenters. The van der Waals surface area contributed by atoms with Crippen LogP contribution in [0, 0.1) is 0 Å². The molecule has 18 heavy (non-hydrogen) atoms. The van der Waals surface area contributed by atoms with Gasteiger partial charge in [-0.25, -0.2) is 0 Å². The van der Waals surface area contributed by atoms with Gasteiger partial charge in [-0.2, -0.15) is 5.10 Å². The van der Waals surface area contributed by atoms with E-state index in [1.54, 1.807) is 0 Å². The van der Waals surface area contributed by atoms with Gasteiger partial charge in [-0.3, -0.25) is 9.58 Å². The standard InChI is InChI=1S/C14H26N4/c1-4-12-10-14(17(3)16-12)11-18(5-2)13-6-8-15-9-7-13/h10,13,15H,4-9,11H2,1-3H3. The molecule has 1 N–H and O–H groups in total. The molecule has 4 heteroatoms. The Morgan fingerprint density at radius 2 is 2.11 bits per heavy atom. The zero-order valence-corrected chi connectivity index (χ0v) is 11.9. The second kappa shape index (κ2) is 6.34. The lowest BCUT2D eigenvalue weighted by molar-refractivity contribution is 0.158. The van der Waals surface area contributed by atoms with E-state index in [4.69, 9.17) is 0 Å². The number of aryl methyl sites for hydroxylation is 2.